The quantitative estimate of drug-likeness (QED) is 0.0257. The molecule has 13 unspecified atom stereocenters. The monoisotopic (exact) mass is 1380 g/mol. The maximum Gasteiger partial charge on any atom is 0.330 e. The molecule has 9 fully saturated rings. The van der Waals surface area contributed by atoms with Gasteiger partial charge in [0.25, 0.3) is 0 Å². The molecule has 0 aromatic heterocycles. The molecule has 0 radical (unpaired) electrons. The third-order valence-electron chi connectivity index (χ3n) is 20.4. The molecule has 546 valence electrons. The fourth-order valence-electron chi connectivity index (χ4n) is 14.7. The van der Waals surface area contributed by atoms with Crippen molar-refractivity contribution in [2.24, 2.45) is 23.7 Å². The normalized spacial score (nSPS) is 49.3. The molecule has 5 aliphatic heterocycles. The summed E-state index contributed by atoms with van der Waals surface area (Å²) in [5.41, 5.74) is 0. The summed E-state index contributed by atoms with van der Waals surface area (Å²) in [7, 11) is 5.79. The van der Waals surface area contributed by atoms with E-state index in [1.807, 2.05) is 0 Å². The Bertz CT molecular complexity index is 2420. The molecule has 95 heavy (non-hydrogen) atoms. The molecule has 0 aromatic carbocycles. The van der Waals surface area contributed by atoms with Crippen LogP contribution < -0.4 is 0 Å². The zero-order valence-corrected chi connectivity index (χ0v) is 53.2. The van der Waals surface area contributed by atoms with Gasteiger partial charge in [0, 0.05) is 59.4 Å². The molecule has 0 spiro atoms. The molecule has 9 aliphatic rings. The Morgan fingerprint density at radius 1 is 0.411 bits per heavy atom. The number of carbonyl (C=O) groups is 2. The van der Waals surface area contributed by atoms with Crippen LogP contribution >= 0.6 is 0 Å². The van der Waals surface area contributed by atoms with Crippen LogP contribution in [0, 0.1) is 23.7 Å². The van der Waals surface area contributed by atoms with Crippen LogP contribution in [0.15, 0.2) is 24.3 Å². The molecule has 0 amide bonds. The first-order valence-electron chi connectivity index (χ1n) is 32.5. The average molecular weight is 1380 g/mol. The second-order valence-electron chi connectivity index (χ2n) is 26.5. The number of carbonyl (C=O) groups excluding carboxylic acids is 2. The number of aliphatic hydroxyl groups excluding tert-OH is 17. The first-order valence-corrected chi connectivity index (χ1v) is 32.5. The second kappa shape index (κ2) is 34.3. The molecule has 0 bridgehead atoms. The third-order valence-corrected chi connectivity index (χ3v) is 20.4. The molecule has 4 aliphatic carbocycles. The molecule has 18 N–H and O–H groups in total. The zero-order chi connectivity index (χ0) is 68.9. The van der Waals surface area contributed by atoms with Gasteiger partial charge >= 0.3 is 11.9 Å². The fourth-order valence-corrected chi connectivity index (χ4v) is 14.7. The summed E-state index contributed by atoms with van der Waals surface area (Å²) in [4.78, 5) is 25.8. The summed E-state index contributed by atoms with van der Waals surface area (Å²) >= 11 is 0. The highest BCUT2D eigenvalue weighted by Crippen LogP contribution is 2.45. The first-order chi connectivity index (χ1) is 45.3. The van der Waals surface area contributed by atoms with Crippen LogP contribution in [0.1, 0.15) is 64.2 Å². The second-order valence-corrected chi connectivity index (χ2v) is 26.5. The van der Waals surface area contributed by atoms with Gasteiger partial charge in [-0.25, -0.2) is 9.59 Å². The fraction of sp³-hybridized carbons (Fsp3) is 0.902. The number of esters is 2. The van der Waals surface area contributed by atoms with Gasteiger partial charge in [-0.1, -0.05) is 12.2 Å². The average Bonchev–Trinajstić information content (AvgIpc) is 0.770. The number of ether oxygens (including phenoxy) is 15. The van der Waals surface area contributed by atoms with Crippen molar-refractivity contribution in [2.75, 3.05) is 54.9 Å². The van der Waals surface area contributed by atoms with E-state index in [-0.39, 0.29) is 50.4 Å². The number of rotatable bonds is 23. The SMILES string of the molecule is COC1CC(C=CC(=O)OC[C@H]2O[C@@H](OC[C@H]3O[C@@H](OC4CC5C(O)CC(O[C@@H]6O[C@H](COC(=O)C=CC7CC(OC)C(O)C(OC)C7)[C@@H](O)[C@H](O)[C@H]6O)CC5[OH+]C4C4CCC(O)C(O[C@@H]5O[C@H](CO)[C@@H](O)[C@H](O)[C@H]5O)C4)[C@H](O)[C@@H](O)[C@@H]3O)[C@H](O)[C@@H](O)[C@@H]2O)CC(OC)C1O. The van der Waals surface area contributed by atoms with E-state index in [1.165, 1.54) is 34.5 Å². The van der Waals surface area contributed by atoms with Crippen LogP contribution in [0.4, 0.5) is 0 Å². The lowest BCUT2D eigenvalue weighted by molar-refractivity contribution is -0.368. The number of fused-ring (bicyclic) bond motifs is 1. The van der Waals surface area contributed by atoms with Gasteiger partial charge in [0.2, 0.25) is 0 Å². The molecule has 4 saturated carbocycles. The Hall–Kier alpha value is -2.78. The summed E-state index contributed by atoms with van der Waals surface area (Å²) in [6.45, 7) is -2.73. The van der Waals surface area contributed by atoms with Crippen molar-refractivity contribution in [1.82, 2.24) is 0 Å². The van der Waals surface area contributed by atoms with Crippen molar-refractivity contribution < 1.29 is 167 Å². The Balaban J connectivity index is 0.862. The number of hydrogen-bond acceptors (Lipinski definition) is 33. The van der Waals surface area contributed by atoms with Gasteiger partial charge < -0.3 is 158 Å². The largest absolute Gasteiger partial charge is 0.460 e. The smallest absolute Gasteiger partial charge is 0.330 e. The molecular formula is C61H99O34+. The maximum absolute atomic E-state index is 13.0. The zero-order valence-electron chi connectivity index (χ0n) is 53.2. The van der Waals surface area contributed by atoms with Crippen LogP contribution in [0.2, 0.25) is 0 Å². The Morgan fingerprint density at radius 2 is 0.821 bits per heavy atom. The van der Waals surface area contributed by atoms with Gasteiger partial charge in [-0.2, -0.15) is 0 Å². The highest BCUT2D eigenvalue weighted by molar-refractivity contribution is 5.82. The minimum absolute atomic E-state index is 0.0360. The predicted molar refractivity (Wildman–Crippen MR) is 312 cm³/mol. The van der Waals surface area contributed by atoms with Gasteiger partial charge in [-0.15, -0.1) is 0 Å². The minimum Gasteiger partial charge on any atom is -0.460 e. The first kappa shape index (κ1) is 76.4. The van der Waals surface area contributed by atoms with Gasteiger partial charge in [-0.3, -0.25) is 0 Å². The predicted octanol–water partition coefficient (Wildman–Crippen LogP) is -8.22. The van der Waals surface area contributed by atoms with Crippen molar-refractivity contribution in [1.29, 1.82) is 0 Å². The summed E-state index contributed by atoms with van der Waals surface area (Å²) in [6, 6.07) is 0. The Kier molecular flexibility index (Phi) is 27.6. The van der Waals surface area contributed by atoms with E-state index < -0.39 is 252 Å². The van der Waals surface area contributed by atoms with E-state index in [4.69, 9.17) is 71.1 Å². The van der Waals surface area contributed by atoms with E-state index >= 15 is 0 Å². The van der Waals surface area contributed by atoms with Crippen molar-refractivity contribution >= 4 is 11.9 Å². The molecular weight excluding hydrogens is 1280 g/mol. The summed E-state index contributed by atoms with van der Waals surface area (Å²) in [5, 5.41) is 186. The molecule has 0 aromatic rings. The standard InChI is InChI=1S/C61H98O34/c1-81-32-11-23(12-33(82-2)43(32)67)5-9-41(65)85-20-38-46(70)50(74)53(77)58(93-38)87-22-40-48(72)52(76)56(80)61(95-40)91-36-18-27-29(64)16-26(17-30(27)89-57(36)25-7-8-28(63)31(15-25)90-60-55(79)49(73)45(69)37(19-62)92-60)88-59-54(78)51(75)47(71)39(94-59)21-86-42(66)10-6-24-13-34(83-3)44(68)35(14-24)84-4/h5-6,9-10,23-40,43-64,67-80H,7-8,11-22H2,1-4H3/p+1/t23?,24?,25?,26?,27?,28?,29?,30?,31?,32?,33?,34?,35?,36?,37-,38-,39-,40-,43?,44?,45-,46-,47-,48-,49+,50+,51+,52+,53-,54-,55-,56-,57?,58-,59-,60-,61-/m1/s1. The van der Waals surface area contributed by atoms with Crippen LogP contribution in [0.25, 0.3) is 0 Å². The molecule has 34 nitrogen and oxygen atoms in total. The topological polar surface area (TPSA) is 520 Å². The van der Waals surface area contributed by atoms with Gasteiger partial charge in [0.1, 0.15) is 129 Å². The third kappa shape index (κ3) is 17.9. The molecule has 34 heteroatoms. The summed E-state index contributed by atoms with van der Waals surface area (Å²) in [6.07, 6.45) is -39.3. The number of methoxy groups -OCH3 is 4. The van der Waals surface area contributed by atoms with Crippen molar-refractivity contribution in [3.63, 3.8) is 0 Å². The van der Waals surface area contributed by atoms with Crippen LogP contribution in [-0.4, -0.2) is 361 Å². The van der Waals surface area contributed by atoms with Crippen LogP contribution in [-0.2, 0) is 75.9 Å². The molecule has 5 heterocycles. The molecule has 33 atom stereocenters. The van der Waals surface area contributed by atoms with Gasteiger partial charge in [-0.05, 0) is 63.2 Å². The maximum atomic E-state index is 13.0. The number of hydrogen-bond donors (Lipinski definition) is 17. The lowest BCUT2D eigenvalue weighted by Crippen LogP contribution is -2.64. The van der Waals surface area contributed by atoms with Crippen molar-refractivity contribution in [2.45, 2.75) is 266 Å². The lowest BCUT2D eigenvalue weighted by Gasteiger charge is -2.50. The number of aliphatic hydroxyl groups is 19. The minimum atomic E-state index is -1.99. The van der Waals surface area contributed by atoms with E-state index in [9.17, 15) is 96.4 Å². The van der Waals surface area contributed by atoms with Crippen LogP contribution in [0.3, 0.4) is 0 Å². The highest BCUT2D eigenvalue weighted by atomic mass is 16.8. The Morgan fingerprint density at radius 3 is 1.28 bits per heavy atom. The van der Waals surface area contributed by atoms with E-state index in [0.29, 0.717) is 25.7 Å². The highest BCUT2D eigenvalue weighted by Gasteiger charge is 2.58. The van der Waals surface area contributed by atoms with E-state index in [2.05, 4.69) is 0 Å². The van der Waals surface area contributed by atoms with E-state index in [1.54, 1.807) is 12.2 Å². The Labute approximate surface area is 547 Å². The number of allylic oxidation sites excluding steroid dienone is 2. The summed E-state index contributed by atoms with van der Waals surface area (Å²) < 4.78 is 85.5. The van der Waals surface area contributed by atoms with Crippen LogP contribution in [0.5, 0.6) is 0 Å². The van der Waals surface area contributed by atoms with Crippen molar-refractivity contribution in [3.8, 4) is 0 Å². The van der Waals surface area contributed by atoms with Gasteiger partial charge in [0.15, 0.2) is 37.4 Å². The summed E-state index contributed by atoms with van der Waals surface area (Å²) in [5.74, 6) is -3.52. The van der Waals surface area contributed by atoms with E-state index in [0.717, 1.165) is 6.08 Å². The van der Waals surface area contributed by atoms with Crippen molar-refractivity contribution in [3.05, 3.63) is 24.3 Å². The molecule has 5 saturated heterocycles. The lowest BCUT2D eigenvalue weighted by atomic mass is 9.72. The molecule has 9 rings (SSSR count). The van der Waals surface area contributed by atoms with Gasteiger partial charge in [0.05, 0.1) is 68.0 Å².